The Kier molecular flexibility index (Phi) is 5.91. The van der Waals surface area contributed by atoms with Gasteiger partial charge in [0.05, 0.1) is 11.4 Å². The number of rotatable bonds is 5. The molecule has 0 spiro atoms. The summed E-state index contributed by atoms with van der Waals surface area (Å²) >= 11 is 0. The van der Waals surface area contributed by atoms with Crippen LogP contribution in [0.25, 0.3) is 0 Å². The lowest BCUT2D eigenvalue weighted by atomic mass is 10.2. The molecule has 7 heteroatoms. The normalized spacial score (nSPS) is 15.6. The molecule has 0 unspecified atom stereocenters. The van der Waals surface area contributed by atoms with Crippen molar-refractivity contribution in [3.8, 4) is 5.75 Å². The highest BCUT2D eigenvalue weighted by Crippen LogP contribution is 2.19. The topological polar surface area (TPSA) is 78.8 Å². The number of para-hydroxylation sites is 1. The Balaban J connectivity index is 1.53. The third-order valence-electron chi connectivity index (χ3n) is 4.72. The predicted octanol–water partition coefficient (Wildman–Crippen LogP) is 1.49. The summed E-state index contributed by atoms with van der Waals surface area (Å²) in [7, 11) is 0. The van der Waals surface area contributed by atoms with Gasteiger partial charge in [0.15, 0.2) is 6.10 Å². The molecule has 0 saturated carbocycles. The van der Waals surface area contributed by atoms with Crippen molar-refractivity contribution in [1.29, 1.82) is 0 Å². The molecule has 1 aliphatic rings. The number of aryl methyl sites for hydroxylation is 3. The van der Waals surface area contributed by atoms with Crippen molar-refractivity contribution in [2.24, 2.45) is 0 Å². The van der Waals surface area contributed by atoms with E-state index in [4.69, 9.17) is 4.74 Å². The monoisotopic (exact) mass is 370 g/mol. The number of amides is 1. The average Bonchev–Trinajstić information content (AvgIpc) is 2.68. The minimum absolute atomic E-state index is 0.0492. The molecule has 1 aromatic heterocycles. The lowest BCUT2D eigenvalue weighted by Gasteiger charge is -2.36. The number of aliphatic hydroxyl groups excluding tert-OH is 1. The number of hydrogen-bond acceptors (Lipinski definition) is 6. The lowest BCUT2D eigenvalue weighted by molar-refractivity contribution is -0.142. The molecule has 3 rings (SSSR count). The van der Waals surface area contributed by atoms with Gasteiger partial charge in [-0.25, -0.2) is 4.98 Å². The van der Waals surface area contributed by atoms with Crippen LogP contribution in [-0.4, -0.2) is 64.8 Å². The van der Waals surface area contributed by atoms with Gasteiger partial charge < -0.3 is 19.6 Å². The maximum Gasteiger partial charge on any atom is 0.255 e. The van der Waals surface area contributed by atoms with Gasteiger partial charge in [-0.1, -0.05) is 18.2 Å². The van der Waals surface area contributed by atoms with Crippen molar-refractivity contribution in [2.45, 2.75) is 26.9 Å². The van der Waals surface area contributed by atoms with Crippen LogP contribution < -0.4 is 9.64 Å². The van der Waals surface area contributed by atoms with E-state index < -0.39 is 6.10 Å². The molecule has 144 valence electrons. The molecule has 7 nitrogen and oxygen atoms in total. The van der Waals surface area contributed by atoms with Gasteiger partial charge in [-0.3, -0.25) is 9.78 Å². The number of carbonyl (C=O) groups excluding carboxylic acids is 1. The van der Waals surface area contributed by atoms with Gasteiger partial charge in [-0.05, 0) is 32.4 Å². The Morgan fingerprint density at radius 1 is 1.19 bits per heavy atom. The van der Waals surface area contributed by atoms with Crippen LogP contribution in [0.4, 0.5) is 5.82 Å². The summed E-state index contributed by atoms with van der Waals surface area (Å²) in [5.74, 6) is 1.25. The Hall–Kier alpha value is -2.67. The number of aliphatic hydroxyl groups is 1. The van der Waals surface area contributed by atoms with Crippen molar-refractivity contribution in [2.75, 3.05) is 37.7 Å². The zero-order chi connectivity index (χ0) is 19.4. The number of carbonyl (C=O) groups is 1. The second-order valence-electron chi connectivity index (χ2n) is 6.83. The number of ether oxygens (including phenoxy) is 1. The minimum atomic E-state index is -1.17. The summed E-state index contributed by atoms with van der Waals surface area (Å²) in [5.41, 5.74) is 2.73. The maximum absolute atomic E-state index is 12.5. The first-order valence-electron chi connectivity index (χ1n) is 9.16. The first-order valence-corrected chi connectivity index (χ1v) is 9.16. The molecule has 1 saturated heterocycles. The molecule has 1 aromatic carbocycles. The van der Waals surface area contributed by atoms with Crippen LogP contribution in [0.5, 0.6) is 5.75 Å². The number of benzene rings is 1. The minimum Gasteiger partial charge on any atom is -0.490 e. The van der Waals surface area contributed by atoms with Gasteiger partial charge >= 0.3 is 0 Å². The largest absolute Gasteiger partial charge is 0.490 e. The lowest BCUT2D eigenvalue weighted by Crippen LogP contribution is -2.52. The van der Waals surface area contributed by atoms with Crippen LogP contribution in [-0.2, 0) is 4.79 Å². The summed E-state index contributed by atoms with van der Waals surface area (Å²) < 4.78 is 5.60. The van der Waals surface area contributed by atoms with Gasteiger partial charge in [0.2, 0.25) is 0 Å². The molecule has 1 fully saturated rings. The van der Waals surface area contributed by atoms with Crippen molar-refractivity contribution in [3.05, 3.63) is 47.4 Å². The fraction of sp³-hybridized carbons (Fsp3) is 0.450. The van der Waals surface area contributed by atoms with Gasteiger partial charge in [0.25, 0.3) is 5.91 Å². The average molecular weight is 370 g/mol. The highest BCUT2D eigenvalue weighted by Gasteiger charge is 2.27. The van der Waals surface area contributed by atoms with Crippen molar-refractivity contribution < 1.29 is 14.6 Å². The van der Waals surface area contributed by atoms with E-state index >= 15 is 0 Å². The second kappa shape index (κ2) is 8.35. The van der Waals surface area contributed by atoms with Crippen molar-refractivity contribution >= 4 is 11.7 Å². The third-order valence-corrected chi connectivity index (χ3v) is 4.72. The first-order chi connectivity index (χ1) is 13.0. The SMILES string of the molecule is Cc1cnc(C)c(N2CCN(C(=O)[C@@H](O)COc3ccccc3C)CC2)n1. The smallest absolute Gasteiger partial charge is 0.255 e. The maximum atomic E-state index is 12.5. The third kappa shape index (κ3) is 4.54. The summed E-state index contributed by atoms with van der Waals surface area (Å²) in [6, 6.07) is 7.55. The molecule has 0 aliphatic carbocycles. The van der Waals surface area contributed by atoms with Crippen LogP contribution >= 0.6 is 0 Å². The molecule has 0 bridgehead atoms. The van der Waals surface area contributed by atoms with Crippen LogP contribution in [0.15, 0.2) is 30.5 Å². The van der Waals surface area contributed by atoms with E-state index in [1.54, 1.807) is 11.1 Å². The van der Waals surface area contributed by atoms with Crippen LogP contribution in [0.3, 0.4) is 0 Å². The Morgan fingerprint density at radius 3 is 2.59 bits per heavy atom. The van der Waals surface area contributed by atoms with Crippen LogP contribution in [0, 0.1) is 20.8 Å². The fourth-order valence-corrected chi connectivity index (χ4v) is 3.13. The molecular weight excluding hydrogens is 344 g/mol. The van der Waals surface area contributed by atoms with Crippen molar-refractivity contribution in [3.63, 3.8) is 0 Å². The van der Waals surface area contributed by atoms with E-state index in [1.165, 1.54) is 0 Å². The van der Waals surface area contributed by atoms with Gasteiger partial charge in [0, 0.05) is 32.4 Å². The zero-order valence-corrected chi connectivity index (χ0v) is 16.1. The number of aromatic nitrogens is 2. The number of piperazine rings is 1. The highest BCUT2D eigenvalue weighted by atomic mass is 16.5. The molecule has 1 aliphatic heterocycles. The Bertz CT molecular complexity index is 804. The molecule has 1 atom stereocenters. The molecule has 2 aromatic rings. The molecular formula is C20H26N4O3. The quantitative estimate of drug-likeness (QED) is 0.859. The van der Waals surface area contributed by atoms with E-state index in [9.17, 15) is 9.90 Å². The van der Waals surface area contributed by atoms with Gasteiger partial charge in [0.1, 0.15) is 18.2 Å². The highest BCUT2D eigenvalue weighted by molar-refractivity contribution is 5.81. The zero-order valence-electron chi connectivity index (χ0n) is 16.1. The summed E-state index contributed by atoms with van der Waals surface area (Å²) in [5, 5.41) is 10.2. The first kappa shape index (κ1) is 19.1. The van der Waals surface area contributed by atoms with E-state index in [1.807, 2.05) is 45.0 Å². The van der Waals surface area contributed by atoms with Crippen LogP contribution in [0.1, 0.15) is 17.0 Å². The standard InChI is InChI=1S/C20H26N4O3/c1-14-6-4-5-7-18(14)27-13-17(25)20(26)24-10-8-23(9-11-24)19-16(3)21-12-15(2)22-19/h4-7,12,17,25H,8-11,13H2,1-3H3/t17-/m0/s1. The summed E-state index contributed by atoms with van der Waals surface area (Å²) in [6.45, 7) is 8.13. The molecule has 27 heavy (non-hydrogen) atoms. The molecule has 0 radical (unpaired) electrons. The van der Waals surface area contributed by atoms with E-state index in [0.29, 0.717) is 31.9 Å². The van der Waals surface area contributed by atoms with Crippen LogP contribution in [0.2, 0.25) is 0 Å². The number of hydrogen-bond donors (Lipinski definition) is 1. The number of anilines is 1. The molecule has 2 heterocycles. The van der Waals surface area contributed by atoms with Gasteiger partial charge in [-0.2, -0.15) is 0 Å². The molecule has 1 N–H and O–H groups in total. The fourth-order valence-electron chi connectivity index (χ4n) is 3.13. The van der Waals surface area contributed by atoms with E-state index in [-0.39, 0.29) is 12.5 Å². The van der Waals surface area contributed by atoms with Gasteiger partial charge in [-0.15, -0.1) is 0 Å². The molecule has 1 amide bonds. The summed E-state index contributed by atoms with van der Waals surface area (Å²) in [6.07, 6.45) is 0.584. The predicted molar refractivity (Wildman–Crippen MR) is 103 cm³/mol. The van der Waals surface area contributed by atoms with E-state index in [0.717, 1.165) is 22.8 Å². The second-order valence-corrected chi connectivity index (χ2v) is 6.83. The summed E-state index contributed by atoms with van der Waals surface area (Å²) in [4.78, 5) is 25.3. The van der Waals surface area contributed by atoms with Crippen molar-refractivity contribution in [1.82, 2.24) is 14.9 Å². The Morgan fingerprint density at radius 2 is 1.89 bits per heavy atom. The van der Waals surface area contributed by atoms with E-state index in [2.05, 4.69) is 14.9 Å². The number of nitrogens with zero attached hydrogens (tertiary/aromatic N) is 4. The Labute approximate surface area is 159 Å².